The summed E-state index contributed by atoms with van der Waals surface area (Å²) >= 11 is 0. The van der Waals surface area contributed by atoms with Crippen LogP contribution >= 0.6 is 0 Å². The Morgan fingerprint density at radius 3 is 2.24 bits per heavy atom. The molecule has 1 fully saturated rings. The molecule has 1 aliphatic rings. The first-order valence-corrected chi connectivity index (χ1v) is 7.12. The molecule has 0 aromatic heterocycles. The summed E-state index contributed by atoms with van der Waals surface area (Å²) in [6.45, 7) is 2.21. The molecule has 0 spiro atoms. The lowest BCUT2D eigenvalue weighted by molar-refractivity contribution is 0.0656. The van der Waals surface area contributed by atoms with Crippen LogP contribution in [-0.2, 0) is 9.47 Å². The van der Waals surface area contributed by atoms with E-state index in [2.05, 4.69) is 0 Å². The Morgan fingerprint density at radius 1 is 0.941 bits per heavy atom. The number of hydrogen-bond donors (Lipinski definition) is 1. The minimum absolute atomic E-state index is 0.0883. The van der Waals surface area contributed by atoms with Crippen LogP contribution in [0.15, 0.2) is 0 Å². The van der Waals surface area contributed by atoms with E-state index in [-0.39, 0.29) is 5.54 Å². The summed E-state index contributed by atoms with van der Waals surface area (Å²) in [7, 11) is 1.70. The van der Waals surface area contributed by atoms with Crippen LogP contribution in [0.4, 0.5) is 0 Å². The van der Waals surface area contributed by atoms with E-state index in [1.54, 1.807) is 7.11 Å². The minimum atomic E-state index is 0.0883. The molecule has 0 unspecified atom stereocenters. The van der Waals surface area contributed by atoms with Gasteiger partial charge in [-0.05, 0) is 25.7 Å². The smallest absolute Gasteiger partial charge is 0.0700 e. The fourth-order valence-electron chi connectivity index (χ4n) is 2.63. The molecule has 0 aliphatic heterocycles. The molecule has 3 nitrogen and oxygen atoms in total. The fourth-order valence-corrected chi connectivity index (χ4v) is 2.63. The topological polar surface area (TPSA) is 44.5 Å². The Balaban J connectivity index is 2.09. The molecule has 0 heterocycles. The Hall–Kier alpha value is -0.120. The Kier molecular flexibility index (Phi) is 7.82. The SMILES string of the molecule is COCCOCCCC1(N)CCCCCCC1. The van der Waals surface area contributed by atoms with Crippen molar-refractivity contribution in [1.82, 2.24) is 0 Å². The van der Waals surface area contributed by atoms with Gasteiger partial charge in [-0.15, -0.1) is 0 Å². The lowest BCUT2D eigenvalue weighted by Gasteiger charge is -2.31. The second-order valence-corrected chi connectivity index (χ2v) is 5.34. The predicted octanol–water partition coefficient (Wildman–Crippen LogP) is 2.87. The van der Waals surface area contributed by atoms with Gasteiger partial charge in [-0.2, -0.15) is 0 Å². The Bertz CT molecular complexity index is 177. The van der Waals surface area contributed by atoms with Crippen molar-refractivity contribution in [2.75, 3.05) is 26.9 Å². The summed E-state index contributed by atoms with van der Waals surface area (Å²) in [6.07, 6.45) is 11.3. The van der Waals surface area contributed by atoms with Crippen LogP contribution < -0.4 is 5.73 Å². The normalized spacial score (nSPS) is 20.8. The molecule has 0 radical (unpaired) electrons. The molecule has 0 bridgehead atoms. The highest BCUT2D eigenvalue weighted by atomic mass is 16.5. The second kappa shape index (κ2) is 8.90. The van der Waals surface area contributed by atoms with Gasteiger partial charge in [0.15, 0.2) is 0 Å². The van der Waals surface area contributed by atoms with Gasteiger partial charge < -0.3 is 15.2 Å². The third kappa shape index (κ3) is 7.02. The van der Waals surface area contributed by atoms with Crippen LogP contribution in [0.25, 0.3) is 0 Å². The molecule has 3 heteroatoms. The van der Waals surface area contributed by atoms with Crippen molar-refractivity contribution in [2.45, 2.75) is 63.3 Å². The fraction of sp³-hybridized carbons (Fsp3) is 1.00. The summed E-state index contributed by atoms with van der Waals surface area (Å²) in [5, 5.41) is 0. The zero-order chi connectivity index (χ0) is 12.4. The number of ether oxygens (including phenoxy) is 2. The van der Waals surface area contributed by atoms with Crippen molar-refractivity contribution in [3.63, 3.8) is 0 Å². The molecule has 0 saturated heterocycles. The van der Waals surface area contributed by atoms with Gasteiger partial charge in [0.25, 0.3) is 0 Å². The summed E-state index contributed by atoms with van der Waals surface area (Å²) in [4.78, 5) is 0. The quantitative estimate of drug-likeness (QED) is 0.699. The average Bonchev–Trinajstić information content (AvgIpc) is 2.29. The second-order valence-electron chi connectivity index (χ2n) is 5.34. The van der Waals surface area contributed by atoms with Crippen molar-refractivity contribution in [1.29, 1.82) is 0 Å². The van der Waals surface area contributed by atoms with E-state index < -0.39 is 0 Å². The van der Waals surface area contributed by atoms with Gasteiger partial charge in [0.05, 0.1) is 13.2 Å². The van der Waals surface area contributed by atoms with Crippen LogP contribution in [0, 0.1) is 0 Å². The number of methoxy groups -OCH3 is 1. The summed E-state index contributed by atoms with van der Waals surface area (Å²) in [5.74, 6) is 0. The molecule has 17 heavy (non-hydrogen) atoms. The molecule has 102 valence electrons. The zero-order valence-corrected chi connectivity index (χ0v) is 11.4. The van der Waals surface area contributed by atoms with E-state index in [0.29, 0.717) is 13.2 Å². The molecule has 1 saturated carbocycles. The lowest BCUT2D eigenvalue weighted by Crippen LogP contribution is -2.40. The standard InChI is InChI=1S/C14H29NO2/c1-16-12-13-17-11-7-10-14(15)8-5-3-2-4-6-9-14/h2-13,15H2,1H3. The van der Waals surface area contributed by atoms with Gasteiger partial charge in [0, 0.05) is 19.3 Å². The van der Waals surface area contributed by atoms with Crippen molar-refractivity contribution < 1.29 is 9.47 Å². The monoisotopic (exact) mass is 243 g/mol. The maximum Gasteiger partial charge on any atom is 0.0700 e. The largest absolute Gasteiger partial charge is 0.382 e. The third-order valence-electron chi connectivity index (χ3n) is 3.74. The van der Waals surface area contributed by atoms with Gasteiger partial charge in [0.2, 0.25) is 0 Å². The van der Waals surface area contributed by atoms with Gasteiger partial charge in [-0.3, -0.25) is 0 Å². The number of nitrogens with two attached hydrogens (primary N) is 1. The van der Waals surface area contributed by atoms with E-state index in [1.807, 2.05) is 0 Å². The Morgan fingerprint density at radius 2 is 1.59 bits per heavy atom. The molecule has 0 aromatic carbocycles. The first kappa shape index (κ1) is 14.9. The van der Waals surface area contributed by atoms with Crippen LogP contribution in [-0.4, -0.2) is 32.5 Å². The summed E-state index contributed by atoms with van der Waals surface area (Å²) in [5.41, 5.74) is 6.58. The van der Waals surface area contributed by atoms with E-state index in [9.17, 15) is 0 Å². The van der Waals surface area contributed by atoms with Gasteiger partial charge in [0.1, 0.15) is 0 Å². The molecular weight excluding hydrogens is 214 g/mol. The number of hydrogen-bond acceptors (Lipinski definition) is 3. The van der Waals surface area contributed by atoms with E-state index in [0.717, 1.165) is 19.4 Å². The lowest BCUT2D eigenvalue weighted by atomic mass is 9.81. The van der Waals surface area contributed by atoms with Crippen LogP contribution in [0.3, 0.4) is 0 Å². The highest BCUT2D eigenvalue weighted by molar-refractivity contribution is 4.84. The highest BCUT2D eigenvalue weighted by Crippen LogP contribution is 2.27. The number of rotatable bonds is 7. The summed E-state index contributed by atoms with van der Waals surface area (Å²) < 4.78 is 10.4. The maximum absolute atomic E-state index is 6.49. The van der Waals surface area contributed by atoms with E-state index >= 15 is 0 Å². The van der Waals surface area contributed by atoms with E-state index in [4.69, 9.17) is 15.2 Å². The van der Waals surface area contributed by atoms with E-state index in [1.165, 1.54) is 44.9 Å². The first-order valence-electron chi connectivity index (χ1n) is 7.12. The highest BCUT2D eigenvalue weighted by Gasteiger charge is 2.24. The molecule has 0 amide bonds. The van der Waals surface area contributed by atoms with Crippen LogP contribution in [0.2, 0.25) is 0 Å². The molecule has 1 aliphatic carbocycles. The maximum atomic E-state index is 6.49. The summed E-state index contributed by atoms with van der Waals surface area (Å²) in [6, 6.07) is 0. The van der Waals surface area contributed by atoms with Crippen molar-refractivity contribution in [3.8, 4) is 0 Å². The molecule has 1 rings (SSSR count). The average molecular weight is 243 g/mol. The van der Waals surface area contributed by atoms with Crippen molar-refractivity contribution in [3.05, 3.63) is 0 Å². The predicted molar refractivity (Wildman–Crippen MR) is 71.2 cm³/mol. The molecule has 2 N–H and O–H groups in total. The molecule has 0 atom stereocenters. The first-order chi connectivity index (χ1) is 8.27. The van der Waals surface area contributed by atoms with Gasteiger partial charge in [-0.25, -0.2) is 0 Å². The van der Waals surface area contributed by atoms with Gasteiger partial charge in [-0.1, -0.05) is 32.1 Å². The Labute approximate surface area is 106 Å². The minimum Gasteiger partial charge on any atom is -0.382 e. The zero-order valence-electron chi connectivity index (χ0n) is 11.4. The van der Waals surface area contributed by atoms with Crippen LogP contribution in [0.1, 0.15) is 57.8 Å². The van der Waals surface area contributed by atoms with Crippen molar-refractivity contribution in [2.24, 2.45) is 5.73 Å². The third-order valence-corrected chi connectivity index (χ3v) is 3.74. The van der Waals surface area contributed by atoms with Crippen LogP contribution in [0.5, 0.6) is 0 Å². The van der Waals surface area contributed by atoms with Gasteiger partial charge >= 0.3 is 0 Å². The molecular formula is C14H29NO2. The molecule has 0 aromatic rings. The van der Waals surface area contributed by atoms with Crippen molar-refractivity contribution >= 4 is 0 Å².